The number of piperazine rings is 1. The number of anilines is 3. The van der Waals surface area contributed by atoms with E-state index in [1.807, 2.05) is 0 Å². The van der Waals surface area contributed by atoms with Gasteiger partial charge in [0.15, 0.2) is 5.16 Å². The maximum Gasteiger partial charge on any atom is 0.404 e. The van der Waals surface area contributed by atoms with Gasteiger partial charge in [0.25, 0.3) is 0 Å². The number of hydrogen-bond donors (Lipinski definition) is 4. The maximum atomic E-state index is 11.6. The summed E-state index contributed by atoms with van der Waals surface area (Å²) < 4.78 is 11.1. The first-order valence-electron chi connectivity index (χ1n) is 11.5. The minimum atomic E-state index is -0.994. The number of nitrogens with one attached hydrogen (secondary N) is 2. The zero-order valence-electron chi connectivity index (χ0n) is 20.8. The summed E-state index contributed by atoms with van der Waals surface area (Å²) in [5.74, 6) is 1.04. The quantitative estimate of drug-likeness (QED) is 0.174. The van der Waals surface area contributed by atoms with Gasteiger partial charge in [-0.2, -0.15) is 9.97 Å². The zero-order chi connectivity index (χ0) is 26.8. The minimum Gasteiger partial charge on any atom is -0.480 e. The molecule has 1 fully saturated rings. The van der Waals surface area contributed by atoms with Crippen molar-refractivity contribution < 1.29 is 24.2 Å². The van der Waals surface area contributed by atoms with Gasteiger partial charge in [-0.15, -0.1) is 0 Å². The standard InChI is InChI=1S/C22H31N9O5S/c1-4-16(32)26-15-13-14(23)25-21(27-15)37-17-18(35-2)28-20(29-19(17)36-3)31-11-9-30(10-12-31)8-6-5-7-24-22(33)34/h4,13,24H,1,5-12H2,2-3H3,(H,33,34)(H3,23,25,26,27,32). The molecule has 37 heavy (non-hydrogen) atoms. The third-order valence-corrected chi connectivity index (χ3v) is 6.28. The Hall–Kier alpha value is -3.85. The number of hydrogen-bond acceptors (Lipinski definition) is 12. The Balaban J connectivity index is 1.68. The molecule has 2 aromatic heterocycles. The van der Waals surface area contributed by atoms with Crippen LogP contribution in [0.1, 0.15) is 12.8 Å². The monoisotopic (exact) mass is 533 g/mol. The van der Waals surface area contributed by atoms with E-state index in [0.29, 0.717) is 29.1 Å². The molecule has 5 N–H and O–H groups in total. The SMILES string of the molecule is C=CC(=O)Nc1cc(N)nc(Sc2c(OC)nc(N3CCN(CCCCNC(=O)O)CC3)nc2OC)n1. The van der Waals surface area contributed by atoms with Gasteiger partial charge in [-0.25, -0.2) is 14.8 Å². The van der Waals surface area contributed by atoms with Crippen molar-refractivity contribution in [1.82, 2.24) is 30.2 Å². The Bertz CT molecular complexity index is 1090. The molecule has 0 radical (unpaired) electrons. The van der Waals surface area contributed by atoms with Crippen LogP contribution in [0, 0.1) is 0 Å². The van der Waals surface area contributed by atoms with E-state index in [2.05, 4.69) is 46.9 Å². The number of amides is 2. The second-order valence-corrected chi connectivity index (χ2v) is 8.87. The van der Waals surface area contributed by atoms with Crippen molar-refractivity contribution in [2.24, 2.45) is 0 Å². The van der Waals surface area contributed by atoms with Gasteiger partial charge >= 0.3 is 6.09 Å². The van der Waals surface area contributed by atoms with E-state index < -0.39 is 12.0 Å². The van der Waals surface area contributed by atoms with E-state index in [1.165, 1.54) is 20.3 Å². The Morgan fingerprint density at radius 3 is 2.41 bits per heavy atom. The van der Waals surface area contributed by atoms with Crippen LogP contribution in [0.25, 0.3) is 0 Å². The third-order valence-electron chi connectivity index (χ3n) is 5.37. The molecule has 1 saturated heterocycles. The predicted octanol–water partition coefficient (Wildman–Crippen LogP) is 1.31. The van der Waals surface area contributed by atoms with E-state index in [1.54, 1.807) is 0 Å². The summed E-state index contributed by atoms with van der Waals surface area (Å²) >= 11 is 1.10. The summed E-state index contributed by atoms with van der Waals surface area (Å²) in [6.45, 7) is 7.87. The summed E-state index contributed by atoms with van der Waals surface area (Å²) in [7, 11) is 3.01. The lowest BCUT2D eigenvalue weighted by Crippen LogP contribution is -2.47. The highest BCUT2D eigenvalue weighted by Gasteiger charge is 2.24. The highest BCUT2D eigenvalue weighted by Crippen LogP contribution is 2.40. The van der Waals surface area contributed by atoms with Crippen molar-refractivity contribution in [1.29, 1.82) is 0 Å². The Morgan fingerprint density at radius 2 is 1.81 bits per heavy atom. The average Bonchev–Trinajstić information content (AvgIpc) is 2.88. The van der Waals surface area contributed by atoms with E-state index in [0.717, 1.165) is 63.4 Å². The molecule has 0 atom stereocenters. The normalized spacial score (nSPS) is 13.6. The first-order valence-corrected chi connectivity index (χ1v) is 12.3. The summed E-state index contributed by atoms with van der Waals surface area (Å²) in [5.41, 5.74) is 5.89. The van der Waals surface area contributed by atoms with Gasteiger partial charge in [-0.3, -0.25) is 9.69 Å². The smallest absolute Gasteiger partial charge is 0.404 e. The molecule has 2 amide bonds. The Labute approximate surface area is 218 Å². The molecule has 1 aliphatic heterocycles. The van der Waals surface area contributed by atoms with Gasteiger partial charge in [0.2, 0.25) is 23.6 Å². The number of nitrogens with two attached hydrogens (primary N) is 1. The van der Waals surface area contributed by atoms with Crippen LogP contribution in [0.5, 0.6) is 11.8 Å². The lowest BCUT2D eigenvalue weighted by Gasteiger charge is -2.35. The fourth-order valence-corrected chi connectivity index (χ4v) is 4.46. The molecule has 14 nitrogen and oxygen atoms in total. The molecule has 0 aromatic carbocycles. The van der Waals surface area contributed by atoms with Gasteiger partial charge in [0, 0.05) is 38.8 Å². The predicted molar refractivity (Wildman–Crippen MR) is 138 cm³/mol. The third kappa shape index (κ3) is 8.08. The number of methoxy groups -OCH3 is 2. The highest BCUT2D eigenvalue weighted by molar-refractivity contribution is 7.99. The maximum absolute atomic E-state index is 11.6. The van der Waals surface area contributed by atoms with Crippen LogP contribution in [-0.2, 0) is 4.79 Å². The summed E-state index contributed by atoms with van der Waals surface area (Å²) in [6.07, 6.45) is 1.84. The number of nitrogen functional groups attached to an aromatic ring is 1. The van der Waals surface area contributed by atoms with Crippen LogP contribution in [0.3, 0.4) is 0 Å². The number of carbonyl (C=O) groups excluding carboxylic acids is 1. The molecule has 3 heterocycles. The second-order valence-electron chi connectivity index (χ2n) is 7.90. The van der Waals surface area contributed by atoms with Crippen molar-refractivity contribution >= 4 is 41.3 Å². The molecule has 200 valence electrons. The fourth-order valence-electron chi connectivity index (χ4n) is 3.55. The van der Waals surface area contributed by atoms with Crippen LogP contribution in [-0.4, -0.2) is 95.4 Å². The number of carboxylic acid groups (broad SMARTS) is 1. The average molecular weight is 534 g/mol. The number of rotatable bonds is 12. The Kier molecular flexibility index (Phi) is 10.1. The summed E-state index contributed by atoms with van der Waals surface area (Å²) in [4.78, 5) is 44.7. The number of ether oxygens (including phenoxy) is 2. The number of aromatic nitrogens is 4. The van der Waals surface area contributed by atoms with Crippen molar-refractivity contribution in [3.8, 4) is 11.8 Å². The lowest BCUT2D eigenvalue weighted by molar-refractivity contribution is -0.111. The van der Waals surface area contributed by atoms with E-state index in [9.17, 15) is 9.59 Å². The summed E-state index contributed by atoms with van der Waals surface area (Å²) in [5, 5.41) is 13.8. The van der Waals surface area contributed by atoms with E-state index in [-0.39, 0.29) is 16.8 Å². The lowest BCUT2D eigenvalue weighted by atomic mass is 10.2. The number of nitrogens with zero attached hydrogens (tertiary/aromatic N) is 6. The number of unbranched alkanes of at least 4 members (excludes halogenated alkanes) is 1. The van der Waals surface area contributed by atoms with Gasteiger partial charge in [-0.05, 0) is 37.2 Å². The summed E-state index contributed by atoms with van der Waals surface area (Å²) in [6, 6.07) is 1.44. The van der Waals surface area contributed by atoms with Gasteiger partial charge in [-0.1, -0.05) is 6.58 Å². The van der Waals surface area contributed by atoms with Crippen molar-refractivity contribution in [3.63, 3.8) is 0 Å². The van der Waals surface area contributed by atoms with Crippen molar-refractivity contribution in [2.75, 3.05) is 69.4 Å². The molecule has 0 spiro atoms. The molecule has 0 bridgehead atoms. The molecule has 0 aliphatic carbocycles. The molecule has 0 saturated carbocycles. The Morgan fingerprint density at radius 1 is 1.14 bits per heavy atom. The van der Waals surface area contributed by atoms with Gasteiger partial charge in [0.05, 0.1) is 14.2 Å². The van der Waals surface area contributed by atoms with Crippen LogP contribution in [0.4, 0.5) is 22.4 Å². The van der Waals surface area contributed by atoms with Crippen molar-refractivity contribution in [3.05, 3.63) is 18.7 Å². The van der Waals surface area contributed by atoms with Crippen LogP contribution >= 0.6 is 11.8 Å². The van der Waals surface area contributed by atoms with Gasteiger partial charge < -0.3 is 35.8 Å². The number of carbonyl (C=O) groups is 2. The first-order chi connectivity index (χ1) is 17.8. The van der Waals surface area contributed by atoms with E-state index >= 15 is 0 Å². The molecule has 1 aliphatic rings. The van der Waals surface area contributed by atoms with Crippen LogP contribution in [0.15, 0.2) is 28.8 Å². The van der Waals surface area contributed by atoms with Crippen LogP contribution < -0.4 is 30.7 Å². The molecule has 0 unspecified atom stereocenters. The second kappa shape index (κ2) is 13.5. The topological polar surface area (TPSA) is 181 Å². The largest absolute Gasteiger partial charge is 0.480 e. The molecule has 3 rings (SSSR count). The molecular formula is C22H31N9O5S. The minimum absolute atomic E-state index is 0.170. The fraction of sp³-hybridized carbons (Fsp3) is 0.455. The van der Waals surface area contributed by atoms with Gasteiger partial charge in [0.1, 0.15) is 16.5 Å². The first kappa shape index (κ1) is 27.7. The molecule has 2 aromatic rings. The highest BCUT2D eigenvalue weighted by atomic mass is 32.2. The molecular weight excluding hydrogens is 502 g/mol. The molecule has 15 heteroatoms. The zero-order valence-corrected chi connectivity index (χ0v) is 21.6. The van der Waals surface area contributed by atoms with Crippen molar-refractivity contribution in [2.45, 2.75) is 22.9 Å². The van der Waals surface area contributed by atoms with Crippen LogP contribution in [0.2, 0.25) is 0 Å². The van der Waals surface area contributed by atoms with E-state index in [4.69, 9.17) is 20.3 Å².